The first-order valence-electron chi connectivity index (χ1n) is 9.27. The normalized spacial score (nSPS) is 11.1. The predicted octanol–water partition coefficient (Wildman–Crippen LogP) is 4.55. The van der Waals surface area contributed by atoms with Crippen molar-refractivity contribution in [3.63, 3.8) is 0 Å². The molecule has 0 aliphatic heterocycles. The summed E-state index contributed by atoms with van der Waals surface area (Å²) < 4.78 is 1.96. The Bertz CT molecular complexity index is 1150. The summed E-state index contributed by atoms with van der Waals surface area (Å²) >= 11 is 2.91. The summed E-state index contributed by atoms with van der Waals surface area (Å²) in [4.78, 5) is 13.3. The van der Waals surface area contributed by atoms with Gasteiger partial charge in [-0.15, -0.1) is 21.5 Å². The maximum atomic E-state index is 12.3. The second-order valence-electron chi connectivity index (χ2n) is 6.39. The van der Waals surface area contributed by atoms with Gasteiger partial charge >= 0.3 is 0 Å². The van der Waals surface area contributed by atoms with Crippen molar-refractivity contribution in [1.29, 1.82) is 0 Å². The monoisotopic (exact) mass is 433 g/mol. The van der Waals surface area contributed by atoms with E-state index in [2.05, 4.69) is 20.7 Å². The minimum absolute atomic E-state index is 0.181. The van der Waals surface area contributed by atoms with Gasteiger partial charge in [-0.2, -0.15) is 5.10 Å². The molecule has 0 bridgehead atoms. The van der Waals surface area contributed by atoms with Crippen LogP contribution in [0.15, 0.2) is 82.4 Å². The van der Waals surface area contributed by atoms with E-state index < -0.39 is 0 Å². The summed E-state index contributed by atoms with van der Waals surface area (Å²) in [5.74, 6) is 0.714. The molecule has 0 radical (unpaired) electrons. The van der Waals surface area contributed by atoms with Gasteiger partial charge in [0.2, 0.25) is 0 Å². The largest absolute Gasteiger partial charge is 0.272 e. The van der Waals surface area contributed by atoms with Crippen molar-refractivity contribution in [2.24, 2.45) is 5.10 Å². The number of para-hydroxylation sites is 1. The number of hydrogen-bond donors (Lipinski definition) is 1. The van der Waals surface area contributed by atoms with Gasteiger partial charge in [0.05, 0.1) is 12.0 Å². The van der Waals surface area contributed by atoms with E-state index in [1.165, 1.54) is 11.8 Å². The molecule has 1 N–H and O–H groups in total. The molecule has 4 rings (SSSR count). The molecule has 0 spiro atoms. The average molecular weight is 434 g/mol. The number of aryl methyl sites for hydroxylation is 1. The molecule has 2 heterocycles. The van der Waals surface area contributed by atoms with Crippen molar-refractivity contribution in [3.8, 4) is 17.1 Å². The van der Waals surface area contributed by atoms with Crippen LogP contribution in [0, 0.1) is 6.92 Å². The lowest BCUT2D eigenvalue weighted by Crippen LogP contribution is -2.20. The van der Waals surface area contributed by atoms with Crippen LogP contribution in [0.4, 0.5) is 0 Å². The van der Waals surface area contributed by atoms with Crippen LogP contribution in [-0.4, -0.2) is 32.6 Å². The maximum Gasteiger partial charge on any atom is 0.250 e. The van der Waals surface area contributed by atoms with Crippen molar-refractivity contribution >= 4 is 35.2 Å². The summed E-state index contributed by atoms with van der Waals surface area (Å²) in [5, 5.41) is 15.4. The van der Waals surface area contributed by atoms with Gasteiger partial charge in [0.15, 0.2) is 11.0 Å². The molecule has 150 valence electrons. The second-order valence-corrected chi connectivity index (χ2v) is 8.28. The van der Waals surface area contributed by atoms with Gasteiger partial charge in [-0.05, 0) is 36.1 Å². The summed E-state index contributed by atoms with van der Waals surface area (Å²) in [5.41, 5.74) is 5.61. The minimum atomic E-state index is -0.200. The number of nitrogens with one attached hydrogen (secondary N) is 1. The topological polar surface area (TPSA) is 72.2 Å². The molecule has 0 unspecified atom stereocenters. The molecule has 8 heteroatoms. The van der Waals surface area contributed by atoms with Crippen molar-refractivity contribution in [1.82, 2.24) is 20.2 Å². The smallest absolute Gasteiger partial charge is 0.250 e. The SMILES string of the molecule is Cc1ccsc1/C=N\NC(=O)CSc1nnc(-c2ccccc2)n1-c1ccccc1. The Kier molecular flexibility index (Phi) is 6.36. The number of hydrazone groups is 1. The number of carbonyl (C=O) groups is 1. The first-order chi connectivity index (χ1) is 14.7. The van der Waals surface area contributed by atoms with Gasteiger partial charge < -0.3 is 0 Å². The lowest BCUT2D eigenvalue weighted by Gasteiger charge is -2.10. The molecule has 2 aromatic heterocycles. The first kappa shape index (κ1) is 20.1. The highest BCUT2D eigenvalue weighted by atomic mass is 32.2. The van der Waals surface area contributed by atoms with Crippen molar-refractivity contribution in [3.05, 3.63) is 82.6 Å². The Morgan fingerprint density at radius 3 is 2.53 bits per heavy atom. The van der Waals surface area contributed by atoms with Crippen molar-refractivity contribution in [2.75, 3.05) is 5.75 Å². The Morgan fingerprint density at radius 2 is 1.83 bits per heavy atom. The summed E-state index contributed by atoms with van der Waals surface area (Å²) in [6, 6.07) is 21.8. The van der Waals surface area contributed by atoms with Gasteiger partial charge in [0.25, 0.3) is 5.91 Å². The molecule has 0 aliphatic rings. The zero-order valence-electron chi connectivity index (χ0n) is 16.2. The lowest BCUT2D eigenvalue weighted by atomic mass is 10.2. The maximum absolute atomic E-state index is 12.3. The number of amides is 1. The number of thiophene rings is 1. The summed E-state index contributed by atoms with van der Waals surface area (Å²) in [6.07, 6.45) is 1.67. The predicted molar refractivity (Wildman–Crippen MR) is 122 cm³/mol. The highest BCUT2D eigenvalue weighted by Gasteiger charge is 2.17. The lowest BCUT2D eigenvalue weighted by molar-refractivity contribution is -0.118. The standard InChI is InChI=1S/C22H19N5OS2/c1-16-12-13-29-19(16)14-23-24-20(28)15-30-22-26-25-21(17-8-4-2-5-9-17)27(22)18-10-6-3-7-11-18/h2-14H,15H2,1H3,(H,24,28)/b23-14-. The van der Waals surface area contributed by atoms with Crippen LogP contribution >= 0.6 is 23.1 Å². The fraction of sp³-hybridized carbons (Fsp3) is 0.0909. The Labute approximate surface area is 182 Å². The number of carbonyl (C=O) groups excluding carboxylic acids is 1. The van der Waals surface area contributed by atoms with Crippen molar-refractivity contribution < 1.29 is 4.79 Å². The number of thioether (sulfide) groups is 1. The van der Waals surface area contributed by atoms with Gasteiger partial charge in [-0.1, -0.05) is 60.3 Å². The zero-order valence-corrected chi connectivity index (χ0v) is 17.9. The number of benzene rings is 2. The fourth-order valence-corrected chi connectivity index (χ4v) is 4.32. The highest BCUT2D eigenvalue weighted by molar-refractivity contribution is 7.99. The number of aromatic nitrogens is 3. The molecular weight excluding hydrogens is 414 g/mol. The molecule has 0 atom stereocenters. The van der Waals surface area contributed by atoms with E-state index in [0.717, 1.165) is 27.5 Å². The third-order valence-corrected chi connectivity index (χ3v) is 6.17. The molecule has 0 fully saturated rings. The molecule has 0 saturated heterocycles. The number of nitrogens with zero attached hydrogens (tertiary/aromatic N) is 4. The van der Waals surface area contributed by atoms with E-state index in [1.807, 2.05) is 83.6 Å². The zero-order chi connectivity index (χ0) is 20.8. The van der Waals surface area contributed by atoms with Crippen LogP contribution in [0.2, 0.25) is 0 Å². The van der Waals surface area contributed by atoms with Crippen LogP contribution in [-0.2, 0) is 4.79 Å². The fourth-order valence-electron chi connectivity index (χ4n) is 2.79. The van der Waals surface area contributed by atoms with Crippen LogP contribution in [0.1, 0.15) is 10.4 Å². The number of rotatable bonds is 7. The first-order valence-corrected chi connectivity index (χ1v) is 11.1. The van der Waals surface area contributed by atoms with Crippen LogP contribution in [0.25, 0.3) is 17.1 Å². The van der Waals surface area contributed by atoms with Gasteiger partial charge in [0, 0.05) is 16.1 Å². The molecule has 6 nitrogen and oxygen atoms in total. The van der Waals surface area contributed by atoms with E-state index in [4.69, 9.17) is 0 Å². The quantitative estimate of drug-likeness (QED) is 0.264. The third-order valence-electron chi connectivity index (χ3n) is 4.28. The van der Waals surface area contributed by atoms with E-state index in [1.54, 1.807) is 17.6 Å². The Morgan fingerprint density at radius 1 is 1.10 bits per heavy atom. The van der Waals surface area contributed by atoms with Crippen LogP contribution < -0.4 is 5.43 Å². The van der Waals surface area contributed by atoms with Crippen LogP contribution in [0.3, 0.4) is 0 Å². The summed E-state index contributed by atoms with van der Waals surface area (Å²) in [6.45, 7) is 2.01. The van der Waals surface area contributed by atoms with Crippen LogP contribution in [0.5, 0.6) is 0 Å². The summed E-state index contributed by atoms with van der Waals surface area (Å²) in [7, 11) is 0. The Hall–Kier alpha value is -3.23. The van der Waals surface area contributed by atoms with E-state index in [9.17, 15) is 4.79 Å². The molecule has 30 heavy (non-hydrogen) atoms. The van der Waals surface area contributed by atoms with E-state index >= 15 is 0 Å². The minimum Gasteiger partial charge on any atom is -0.272 e. The average Bonchev–Trinajstić information content (AvgIpc) is 3.40. The van der Waals surface area contributed by atoms with E-state index in [0.29, 0.717) is 5.16 Å². The number of hydrogen-bond acceptors (Lipinski definition) is 6. The third kappa shape index (κ3) is 4.67. The second kappa shape index (κ2) is 9.51. The molecule has 4 aromatic rings. The molecule has 1 amide bonds. The van der Waals surface area contributed by atoms with Gasteiger partial charge in [-0.25, -0.2) is 5.43 Å². The highest BCUT2D eigenvalue weighted by Crippen LogP contribution is 2.27. The molecule has 0 saturated carbocycles. The molecule has 0 aliphatic carbocycles. The van der Waals surface area contributed by atoms with Crippen molar-refractivity contribution in [2.45, 2.75) is 12.1 Å². The molecular formula is C22H19N5OS2. The molecule has 2 aromatic carbocycles. The van der Waals surface area contributed by atoms with Gasteiger partial charge in [-0.3, -0.25) is 9.36 Å². The van der Waals surface area contributed by atoms with E-state index in [-0.39, 0.29) is 11.7 Å². The Balaban J connectivity index is 1.50. The van der Waals surface area contributed by atoms with Gasteiger partial charge in [0.1, 0.15) is 0 Å².